The first-order valence-corrected chi connectivity index (χ1v) is 6.77. The molecule has 16 heavy (non-hydrogen) atoms. The summed E-state index contributed by atoms with van der Waals surface area (Å²) in [6.07, 6.45) is 6.84. The van der Waals surface area contributed by atoms with E-state index in [4.69, 9.17) is 0 Å². The van der Waals surface area contributed by atoms with E-state index >= 15 is 0 Å². The van der Waals surface area contributed by atoms with Crippen LogP contribution in [0.5, 0.6) is 0 Å². The zero-order valence-corrected chi connectivity index (χ0v) is 10.9. The molecule has 0 saturated heterocycles. The van der Waals surface area contributed by atoms with Crippen LogP contribution >= 0.6 is 0 Å². The molecule has 0 aromatic heterocycles. The molecule has 1 fully saturated rings. The molecule has 0 aromatic rings. The van der Waals surface area contributed by atoms with Crippen molar-refractivity contribution < 1.29 is 9.90 Å². The molecule has 0 bridgehead atoms. The highest BCUT2D eigenvalue weighted by molar-refractivity contribution is 5.70. The van der Waals surface area contributed by atoms with Crippen molar-refractivity contribution in [2.75, 3.05) is 0 Å². The first-order chi connectivity index (χ1) is 7.54. The summed E-state index contributed by atoms with van der Waals surface area (Å²) < 4.78 is 0. The molecule has 1 rings (SSSR count). The molecule has 0 radical (unpaired) electrons. The Hall–Kier alpha value is -0.530. The smallest absolute Gasteiger partial charge is 0.306 e. The van der Waals surface area contributed by atoms with Gasteiger partial charge in [0.1, 0.15) is 0 Å². The number of carboxylic acid groups (broad SMARTS) is 1. The van der Waals surface area contributed by atoms with Gasteiger partial charge in [-0.25, -0.2) is 0 Å². The standard InChI is InChI=1S/C14H26O2/c1-4-11-5-7-12(8-6-11)13(14(15)16)9-10(2)3/h10-13H,4-9H2,1-3H3,(H,15,16). The van der Waals surface area contributed by atoms with Crippen molar-refractivity contribution in [2.45, 2.75) is 59.3 Å². The summed E-state index contributed by atoms with van der Waals surface area (Å²) >= 11 is 0. The second-order valence-corrected chi connectivity index (χ2v) is 5.76. The number of carbonyl (C=O) groups is 1. The van der Waals surface area contributed by atoms with Crippen LogP contribution in [0, 0.1) is 23.7 Å². The summed E-state index contributed by atoms with van der Waals surface area (Å²) in [6.45, 7) is 6.48. The molecule has 0 aliphatic heterocycles. The molecule has 0 heterocycles. The van der Waals surface area contributed by atoms with E-state index in [1.54, 1.807) is 0 Å². The van der Waals surface area contributed by atoms with Crippen molar-refractivity contribution in [3.8, 4) is 0 Å². The van der Waals surface area contributed by atoms with Gasteiger partial charge in [-0.15, -0.1) is 0 Å². The quantitative estimate of drug-likeness (QED) is 0.770. The van der Waals surface area contributed by atoms with E-state index < -0.39 is 5.97 Å². The van der Waals surface area contributed by atoms with Crippen LogP contribution in [0.15, 0.2) is 0 Å². The molecular formula is C14H26O2. The van der Waals surface area contributed by atoms with Gasteiger partial charge < -0.3 is 5.11 Å². The number of hydrogen-bond donors (Lipinski definition) is 1. The molecule has 0 amide bonds. The normalized spacial score (nSPS) is 28.0. The van der Waals surface area contributed by atoms with Crippen molar-refractivity contribution in [3.63, 3.8) is 0 Å². The van der Waals surface area contributed by atoms with E-state index in [1.165, 1.54) is 19.3 Å². The van der Waals surface area contributed by atoms with Gasteiger partial charge in [-0.05, 0) is 37.0 Å². The van der Waals surface area contributed by atoms with Crippen LogP contribution in [0.2, 0.25) is 0 Å². The lowest BCUT2D eigenvalue weighted by Crippen LogP contribution is -2.28. The SMILES string of the molecule is CCC1CCC(C(CC(C)C)C(=O)O)CC1. The minimum absolute atomic E-state index is 0.0993. The van der Waals surface area contributed by atoms with Crippen molar-refractivity contribution in [1.82, 2.24) is 0 Å². The third-order valence-electron chi connectivity index (χ3n) is 4.08. The molecule has 1 N–H and O–H groups in total. The predicted octanol–water partition coefficient (Wildman–Crippen LogP) is 3.95. The van der Waals surface area contributed by atoms with E-state index in [1.807, 2.05) is 0 Å². The number of rotatable bonds is 5. The highest BCUT2D eigenvalue weighted by Gasteiger charge is 2.31. The molecule has 1 aliphatic carbocycles. The van der Waals surface area contributed by atoms with Gasteiger partial charge in [0.15, 0.2) is 0 Å². The predicted molar refractivity (Wildman–Crippen MR) is 66.3 cm³/mol. The van der Waals surface area contributed by atoms with Gasteiger partial charge in [-0.1, -0.05) is 40.0 Å². The Morgan fingerprint density at radius 1 is 1.25 bits per heavy atom. The Morgan fingerprint density at radius 2 is 1.81 bits per heavy atom. The van der Waals surface area contributed by atoms with E-state index in [0.29, 0.717) is 11.8 Å². The minimum atomic E-state index is -0.575. The van der Waals surface area contributed by atoms with Crippen molar-refractivity contribution >= 4 is 5.97 Å². The van der Waals surface area contributed by atoms with Crippen molar-refractivity contribution in [1.29, 1.82) is 0 Å². The fourth-order valence-corrected chi connectivity index (χ4v) is 3.00. The van der Waals surface area contributed by atoms with Crippen molar-refractivity contribution in [2.24, 2.45) is 23.7 Å². The molecule has 94 valence electrons. The molecular weight excluding hydrogens is 200 g/mol. The minimum Gasteiger partial charge on any atom is -0.481 e. The Kier molecular flexibility index (Phi) is 5.30. The van der Waals surface area contributed by atoms with Crippen LogP contribution in [0.4, 0.5) is 0 Å². The zero-order chi connectivity index (χ0) is 12.1. The van der Waals surface area contributed by atoms with Gasteiger partial charge >= 0.3 is 5.97 Å². The second kappa shape index (κ2) is 6.27. The molecule has 1 aliphatic rings. The Bertz CT molecular complexity index is 215. The molecule has 1 atom stereocenters. The average molecular weight is 226 g/mol. The summed E-state index contributed by atoms with van der Waals surface area (Å²) in [6, 6.07) is 0. The van der Waals surface area contributed by atoms with Crippen molar-refractivity contribution in [3.05, 3.63) is 0 Å². The van der Waals surface area contributed by atoms with E-state index in [-0.39, 0.29) is 5.92 Å². The van der Waals surface area contributed by atoms with Gasteiger partial charge in [-0.3, -0.25) is 4.79 Å². The van der Waals surface area contributed by atoms with E-state index in [0.717, 1.165) is 25.2 Å². The third kappa shape index (κ3) is 3.80. The van der Waals surface area contributed by atoms with E-state index in [2.05, 4.69) is 20.8 Å². The zero-order valence-electron chi connectivity index (χ0n) is 10.9. The maximum Gasteiger partial charge on any atom is 0.306 e. The highest BCUT2D eigenvalue weighted by atomic mass is 16.4. The Morgan fingerprint density at radius 3 is 2.19 bits per heavy atom. The van der Waals surface area contributed by atoms with Gasteiger partial charge in [-0.2, -0.15) is 0 Å². The first kappa shape index (κ1) is 13.5. The van der Waals surface area contributed by atoms with Gasteiger partial charge in [0, 0.05) is 0 Å². The topological polar surface area (TPSA) is 37.3 Å². The van der Waals surface area contributed by atoms with Crippen LogP contribution in [0.1, 0.15) is 59.3 Å². The molecule has 0 spiro atoms. The monoisotopic (exact) mass is 226 g/mol. The maximum absolute atomic E-state index is 11.3. The van der Waals surface area contributed by atoms with Gasteiger partial charge in [0.2, 0.25) is 0 Å². The molecule has 0 aromatic carbocycles. The van der Waals surface area contributed by atoms with Crippen LogP contribution < -0.4 is 0 Å². The fourth-order valence-electron chi connectivity index (χ4n) is 3.00. The average Bonchev–Trinajstić information content (AvgIpc) is 2.25. The summed E-state index contributed by atoms with van der Waals surface area (Å²) in [5.41, 5.74) is 0. The van der Waals surface area contributed by atoms with Gasteiger partial charge in [0.05, 0.1) is 5.92 Å². The summed E-state index contributed by atoms with van der Waals surface area (Å²) in [5, 5.41) is 9.30. The molecule has 2 heteroatoms. The first-order valence-electron chi connectivity index (χ1n) is 6.77. The van der Waals surface area contributed by atoms with Crippen LogP contribution in [-0.2, 0) is 4.79 Å². The lowest BCUT2D eigenvalue weighted by Gasteiger charge is -2.32. The number of hydrogen-bond acceptors (Lipinski definition) is 1. The summed E-state index contributed by atoms with van der Waals surface area (Å²) in [5.74, 6) is 1.10. The summed E-state index contributed by atoms with van der Waals surface area (Å²) in [7, 11) is 0. The maximum atomic E-state index is 11.3. The lowest BCUT2D eigenvalue weighted by molar-refractivity contribution is -0.145. The van der Waals surface area contributed by atoms with Crippen LogP contribution in [-0.4, -0.2) is 11.1 Å². The van der Waals surface area contributed by atoms with Gasteiger partial charge in [0.25, 0.3) is 0 Å². The van der Waals surface area contributed by atoms with E-state index in [9.17, 15) is 9.90 Å². The number of carboxylic acids is 1. The third-order valence-corrected chi connectivity index (χ3v) is 4.08. The van der Waals surface area contributed by atoms with Crippen LogP contribution in [0.3, 0.4) is 0 Å². The number of aliphatic carboxylic acids is 1. The second-order valence-electron chi connectivity index (χ2n) is 5.76. The summed E-state index contributed by atoms with van der Waals surface area (Å²) in [4.78, 5) is 11.3. The highest BCUT2D eigenvalue weighted by Crippen LogP contribution is 2.37. The Labute approximate surface area is 99.4 Å². The van der Waals surface area contributed by atoms with Crippen LogP contribution in [0.25, 0.3) is 0 Å². The molecule has 1 saturated carbocycles. The fraction of sp³-hybridized carbons (Fsp3) is 0.929. The lowest BCUT2D eigenvalue weighted by atomic mass is 9.73. The Balaban J connectivity index is 2.50. The largest absolute Gasteiger partial charge is 0.481 e. The molecule has 2 nitrogen and oxygen atoms in total. The molecule has 1 unspecified atom stereocenters.